The molecule has 1 fully saturated rings. The number of sulfonamides is 1. The quantitative estimate of drug-likeness (QED) is 0.547. The minimum atomic E-state index is -3.85. The van der Waals surface area contributed by atoms with Gasteiger partial charge in [-0.1, -0.05) is 12.1 Å². The van der Waals surface area contributed by atoms with Crippen LogP contribution in [0.25, 0.3) is 10.4 Å². The maximum absolute atomic E-state index is 13.6. The lowest BCUT2D eigenvalue weighted by molar-refractivity contribution is 0.406. The van der Waals surface area contributed by atoms with E-state index in [1.165, 1.54) is 25.3 Å². The van der Waals surface area contributed by atoms with Crippen molar-refractivity contribution in [3.63, 3.8) is 0 Å². The zero-order chi connectivity index (χ0) is 22.9. The Labute approximate surface area is 192 Å². The summed E-state index contributed by atoms with van der Waals surface area (Å²) in [6, 6.07) is 15.5. The smallest absolute Gasteiger partial charge is 0.271 e. The van der Waals surface area contributed by atoms with Crippen molar-refractivity contribution in [3.8, 4) is 16.2 Å². The van der Waals surface area contributed by atoms with Crippen molar-refractivity contribution in [2.75, 3.05) is 29.8 Å². The standard InChI is InChI=1S/C23H26FN3O3S2/c1-15-13-27(14-16(2)25-15)19-7-8-21(30-3)20(12-19)26-32(28,29)23-10-9-22(31-23)17-5-4-6-18(24)11-17/h4-12,15-16,25-26H,13-14H2,1-3H3/t15-,16+. The number of anilines is 2. The molecule has 4 rings (SSSR count). The van der Waals surface area contributed by atoms with Crippen LogP contribution in [0.15, 0.2) is 58.8 Å². The Morgan fingerprint density at radius 2 is 1.84 bits per heavy atom. The Kier molecular flexibility index (Phi) is 6.41. The summed E-state index contributed by atoms with van der Waals surface area (Å²) >= 11 is 1.09. The van der Waals surface area contributed by atoms with E-state index in [2.05, 4.69) is 28.8 Å². The molecule has 1 saturated heterocycles. The van der Waals surface area contributed by atoms with E-state index in [0.717, 1.165) is 30.1 Å². The van der Waals surface area contributed by atoms with Gasteiger partial charge in [-0.3, -0.25) is 4.72 Å². The van der Waals surface area contributed by atoms with Crippen LogP contribution in [-0.4, -0.2) is 40.7 Å². The third kappa shape index (κ3) is 4.90. The van der Waals surface area contributed by atoms with Gasteiger partial charge in [0.2, 0.25) is 0 Å². The second-order valence-corrected chi connectivity index (χ2v) is 11.0. The van der Waals surface area contributed by atoms with Crippen LogP contribution >= 0.6 is 11.3 Å². The molecule has 2 heterocycles. The number of rotatable bonds is 6. The SMILES string of the molecule is COc1ccc(N2C[C@@H](C)N[C@@H](C)C2)cc1NS(=O)(=O)c1ccc(-c2cccc(F)c2)s1. The minimum Gasteiger partial charge on any atom is -0.495 e. The third-order valence-electron chi connectivity index (χ3n) is 5.31. The van der Waals surface area contributed by atoms with Gasteiger partial charge in [0.25, 0.3) is 10.0 Å². The van der Waals surface area contributed by atoms with Crippen LogP contribution in [0.1, 0.15) is 13.8 Å². The molecule has 0 radical (unpaired) electrons. The van der Waals surface area contributed by atoms with Crippen LogP contribution in [0.5, 0.6) is 5.75 Å². The number of nitrogens with one attached hydrogen (secondary N) is 2. The second-order valence-electron chi connectivity index (χ2n) is 7.99. The molecule has 0 saturated carbocycles. The van der Waals surface area contributed by atoms with Gasteiger partial charge in [-0.2, -0.15) is 0 Å². The summed E-state index contributed by atoms with van der Waals surface area (Å²) in [7, 11) is -2.34. The Bertz CT molecular complexity index is 1200. The molecule has 32 heavy (non-hydrogen) atoms. The van der Waals surface area contributed by atoms with E-state index in [1.54, 1.807) is 24.3 Å². The zero-order valence-electron chi connectivity index (χ0n) is 18.1. The van der Waals surface area contributed by atoms with Gasteiger partial charge >= 0.3 is 0 Å². The number of hydrogen-bond donors (Lipinski definition) is 2. The number of hydrogen-bond acceptors (Lipinski definition) is 6. The zero-order valence-corrected chi connectivity index (χ0v) is 19.8. The molecule has 3 aromatic rings. The molecular formula is C23H26FN3O3S2. The summed E-state index contributed by atoms with van der Waals surface area (Å²) in [4.78, 5) is 2.91. The van der Waals surface area contributed by atoms with Crippen LogP contribution in [0.4, 0.5) is 15.8 Å². The van der Waals surface area contributed by atoms with Crippen LogP contribution < -0.4 is 19.7 Å². The molecule has 0 bridgehead atoms. The molecule has 0 amide bonds. The topological polar surface area (TPSA) is 70.7 Å². The average Bonchev–Trinajstić information content (AvgIpc) is 3.24. The Hall–Kier alpha value is -2.62. The predicted molar refractivity (Wildman–Crippen MR) is 128 cm³/mol. The highest BCUT2D eigenvalue weighted by Gasteiger charge is 2.24. The van der Waals surface area contributed by atoms with Gasteiger partial charge in [0.15, 0.2) is 0 Å². The van der Waals surface area contributed by atoms with E-state index in [9.17, 15) is 12.8 Å². The van der Waals surface area contributed by atoms with Crippen LogP contribution in [0, 0.1) is 5.82 Å². The molecule has 1 aliphatic heterocycles. The summed E-state index contributed by atoms with van der Waals surface area (Å²) < 4.78 is 48.0. The van der Waals surface area contributed by atoms with Gasteiger partial charge in [-0.15, -0.1) is 11.3 Å². The minimum absolute atomic E-state index is 0.147. The maximum Gasteiger partial charge on any atom is 0.271 e. The van der Waals surface area contributed by atoms with E-state index >= 15 is 0 Å². The summed E-state index contributed by atoms with van der Waals surface area (Å²) in [5.41, 5.74) is 1.94. The van der Waals surface area contributed by atoms with Crippen molar-refractivity contribution in [2.24, 2.45) is 0 Å². The molecular weight excluding hydrogens is 449 g/mol. The lowest BCUT2D eigenvalue weighted by Gasteiger charge is -2.38. The molecule has 9 heteroatoms. The van der Waals surface area contributed by atoms with Gasteiger partial charge < -0.3 is 15.0 Å². The van der Waals surface area contributed by atoms with Crippen molar-refractivity contribution in [2.45, 2.75) is 30.1 Å². The fraction of sp³-hybridized carbons (Fsp3) is 0.304. The summed E-state index contributed by atoms with van der Waals surface area (Å²) in [6.07, 6.45) is 0. The molecule has 0 aliphatic carbocycles. The number of ether oxygens (including phenoxy) is 1. The van der Waals surface area contributed by atoms with Crippen molar-refractivity contribution in [3.05, 3.63) is 60.4 Å². The predicted octanol–water partition coefficient (Wildman–Crippen LogP) is 4.55. The highest BCUT2D eigenvalue weighted by atomic mass is 32.2. The number of methoxy groups -OCH3 is 1. The van der Waals surface area contributed by atoms with Crippen molar-refractivity contribution >= 4 is 32.7 Å². The highest BCUT2D eigenvalue weighted by Crippen LogP contribution is 2.35. The van der Waals surface area contributed by atoms with Crippen LogP contribution in [-0.2, 0) is 10.0 Å². The third-order valence-corrected chi connectivity index (χ3v) is 8.30. The Balaban J connectivity index is 1.61. The molecule has 1 aliphatic rings. The van der Waals surface area contributed by atoms with Crippen LogP contribution in [0.3, 0.4) is 0 Å². The average molecular weight is 476 g/mol. The van der Waals surface area contributed by atoms with E-state index < -0.39 is 10.0 Å². The molecule has 1 aromatic heterocycles. The summed E-state index contributed by atoms with van der Waals surface area (Å²) in [5.74, 6) is 0.0759. The number of thiophene rings is 1. The van der Waals surface area contributed by atoms with Crippen molar-refractivity contribution in [1.82, 2.24) is 5.32 Å². The monoisotopic (exact) mass is 475 g/mol. The van der Waals surface area contributed by atoms with E-state index in [0.29, 0.717) is 34.0 Å². The molecule has 170 valence electrons. The van der Waals surface area contributed by atoms with Gasteiger partial charge in [-0.05, 0) is 61.9 Å². The first-order chi connectivity index (χ1) is 15.2. The fourth-order valence-corrected chi connectivity index (χ4v) is 6.33. The lowest BCUT2D eigenvalue weighted by Crippen LogP contribution is -2.54. The molecule has 2 N–H and O–H groups in total. The van der Waals surface area contributed by atoms with E-state index in [4.69, 9.17) is 4.74 Å². The molecule has 0 unspecified atom stereocenters. The largest absolute Gasteiger partial charge is 0.495 e. The molecule has 6 nitrogen and oxygen atoms in total. The Morgan fingerprint density at radius 1 is 1.09 bits per heavy atom. The first kappa shape index (κ1) is 22.6. The number of piperazine rings is 1. The summed E-state index contributed by atoms with van der Waals surface area (Å²) in [5, 5.41) is 3.50. The molecule has 0 spiro atoms. The van der Waals surface area contributed by atoms with E-state index in [-0.39, 0.29) is 10.0 Å². The molecule has 2 atom stereocenters. The fourth-order valence-electron chi connectivity index (χ4n) is 3.97. The Morgan fingerprint density at radius 3 is 2.53 bits per heavy atom. The number of nitrogens with zero attached hydrogens (tertiary/aromatic N) is 1. The van der Waals surface area contributed by atoms with E-state index in [1.807, 2.05) is 12.1 Å². The van der Waals surface area contributed by atoms with Crippen molar-refractivity contribution in [1.29, 1.82) is 0 Å². The van der Waals surface area contributed by atoms with Gasteiger partial charge in [0.05, 0.1) is 12.8 Å². The maximum atomic E-state index is 13.6. The van der Waals surface area contributed by atoms with Gasteiger partial charge in [0.1, 0.15) is 15.8 Å². The van der Waals surface area contributed by atoms with Crippen LogP contribution in [0.2, 0.25) is 0 Å². The van der Waals surface area contributed by atoms with Crippen molar-refractivity contribution < 1.29 is 17.5 Å². The molecule has 2 aromatic carbocycles. The summed E-state index contributed by atoms with van der Waals surface area (Å²) in [6.45, 7) is 5.90. The lowest BCUT2D eigenvalue weighted by atomic mass is 10.1. The number of benzene rings is 2. The first-order valence-corrected chi connectivity index (χ1v) is 12.6. The second kappa shape index (κ2) is 9.09. The number of halogens is 1. The first-order valence-electron chi connectivity index (χ1n) is 10.3. The van der Waals surface area contributed by atoms with Gasteiger partial charge in [0, 0.05) is 35.7 Å². The highest BCUT2D eigenvalue weighted by molar-refractivity contribution is 7.94. The van der Waals surface area contributed by atoms with Gasteiger partial charge in [-0.25, -0.2) is 12.8 Å². The normalized spacial score (nSPS) is 19.1.